The van der Waals surface area contributed by atoms with Gasteiger partial charge in [0.1, 0.15) is 6.61 Å². The molecule has 5 heteroatoms. The first-order chi connectivity index (χ1) is 12.6. The number of aromatic nitrogens is 1. The first kappa shape index (κ1) is 16.4. The minimum Gasteiger partial charge on any atom is -0.457 e. The summed E-state index contributed by atoms with van der Waals surface area (Å²) in [5.41, 5.74) is 10.5. The van der Waals surface area contributed by atoms with Crippen LogP contribution in [0.5, 0.6) is 0 Å². The number of aryl methyl sites for hydroxylation is 2. The topological polar surface area (TPSA) is 85.2 Å². The molecule has 0 radical (unpaired) electrons. The lowest BCUT2D eigenvalue weighted by Crippen LogP contribution is -2.11. The number of aromatic amines is 1. The Morgan fingerprint density at radius 1 is 1.04 bits per heavy atom. The van der Waals surface area contributed by atoms with Crippen LogP contribution in [0.25, 0.3) is 10.9 Å². The van der Waals surface area contributed by atoms with E-state index in [4.69, 9.17) is 10.5 Å². The summed E-state index contributed by atoms with van der Waals surface area (Å²) in [4.78, 5) is 27.1. The van der Waals surface area contributed by atoms with Gasteiger partial charge in [0.2, 0.25) is 5.91 Å². The molecule has 4 rings (SSSR count). The van der Waals surface area contributed by atoms with E-state index in [0.29, 0.717) is 11.1 Å². The second kappa shape index (κ2) is 6.67. The molecule has 1 aromatic heterocycles. The second-order valence-electron chi connectivity index (χ2n) is 6.65. The van der Waals surface area contributed by atoms with E-state index in [0.717, 1.165) is 29.3 Å². The molecule has 1 amide bonds. The normalized spacial score (nSPS) is 13.4. The molecular formula is C21H20N2O3. The van der Waals surface area contributed by atoms with Crippen molar-refractivity contribution in [1.29, 1.82) is 0 Å². The SMILES string of the molecule is NC(=O)c1ccc(COC(=O)c2cccc3c4c([nH]c23)CCCC4)cc1. The van der Waals surface area contributed by atoms with Gasteiger partial charge in [-0.25, -0.2) is 4.79 Å². The van der Waals surface area contributed by atoms with Crippen molar-refractivity contribution < 1.29 is 14.3 Å². The van der Waals surface area contributed by atoms with Gasteiger partial charge in [0.25, 0.3) is 0 Å². The Bertz CT molecular complexity index is 986. The van der Waals surface area contributed by atoms with Crippen LogP contribution in [0.1, 0.15) is 50.4 Å². The Morgan fingerprint density at radius 3 is 2.58 bits per heavy atom. The van der Waals surface area contributed by atoms with Gasteiger partial charge in [0.15, 0.2) is 0 Å². The molecule has 1 aliphatic carbocycles. The third-order valence-electron chi connectivity index (χ3n) is 4.96. The molecule has 2 aromatic carbocycles. The lowest BCUT2D eigenvalue weighted by atomic mass is 9.95. The summed E-state index contributed by atoms with van der Waals surface area (Å²) in [5.74, 6) is -0.830. The number of carbonyl (C=O) groups excluding carboxylic acids is 2. The standard InChI is InChI=1S/C21H20N2O3/c22-20(24)14-10-8-13(9-11-14)12-26-21(25)17-6-3-5-16-15-4-1-2-7-18(15)23-19(16)17/h3,5-6,8-11,23H,1-2,4,7,12H2,(H2,22,24). The van der Waals surface area contributed by atoms with Gasteiger partial charge in [-0.3, -0.25) is 4.79 Å². The van der Waals surface area contributed by atoms with Crippen LogP contribution >= 0.6 is 0 Å². The summed E-state index contributed by atoms with van der Waals surface area (Å²) >= 11 is 0. The molecular weight excluding hydrogens is 328 g/mol. The van der Waals surface area contributed by atoms with E-state index in [9.17, 15) is 9.59 Å². The zero-order valence-electron chi connectivity index (χ0n) is 14.4. The second-order valence-corrected chi connectivity index (χ2v) is 6.65. The summed E-state index contributed by atoms with van der Waals surface area (Å²) in [6, 6.07) is 12.5. The fraction of sp³-hybridized carbons (Fsp3) is 0.238. The van der Waals surface area contributed by atoms with Gasteiger partial charge in [-0.1, -0.05) is 24.3 Å². The zero-order chi connectivity index (χ0) is 18.1. The van der Waals surface area contributed by atoms with Crippen LogP contribution in [0.4, 0.5) is 0 Å². The smallest absolute Gasteiger partial charge is 0.340 e. The quantitative estimate of drug-likeness (QED) is 0.708. The molecule has 1 heterocycles. The van der Waals surface area contributed by atoms with Crippen molar-refractivity contribution in [2.75, 3.05) is 0 Å². The van der Waals surface area contributed by atoms with E-state index in [1.807, 2.05) is 6.07 Å². The minimum absolute atomic E-state index is 0.148. The van der Waals surface area contributed by atoms with Crippen LogP contribution < -0.4 is 5.73 Å². The number of primary amides is 1. The lowest BCUT2D eigenvalue weighted by molar-refractivity contribution is 0.0474. The van der Waals surface area contributed by atoms with Gasteiger partial charge in [0.05, 0.1) is 11.1 Å². The third kappa shape index (κ3) is 2.96. The maximum Gasteiger partial charge on any atom is 0.340 e. The van der Waals surface area contributed by atoms with Crippen molar-refractivity contribution in [2.24, 2.45) is 5.73 Å². The molecule has 3 N–H and O–H groups in total. The molecule has 0 saturated carbocycles. The van der Waals surface area contributed by atoms with Crippen LogP contribution in [0.2, 0.25) is 0 Å². The molecule has 132 valence electrons. The maximum atomic E-state index is 12.6. The molecule has 0 bridgehead atoms. The van der Waals surface area contributed by atoms with Crippen molar-refractivity contribution in [3.05, 3.63) is 70.4 Å². The van der Waals surface area contributed by atoms with E-state index >= 15 is 0 Å². The summed E-state index contributed by atoms with van der Waals surface area (Å²) in [6.45, 7) is 0.148. The first-order valence-corrected chi connectivity index (χ1v) is 8.82. The molecule has 26 heavy (non-hydrogen) atoms. The molecule has 1 aliphatic rings. The van der Waals surface area contributed by atoms with Gasteiger partial charge >= 0.3 is 5.97 Å². The van der Waals surface area contributed by atoms with Gasteiger partial charge in [0, 0.05) is 16.6 Å². The Morgan fingerprint density at radius 2 is 1.81 bits per heavy atom. The summed E-state index contributed by atoms with van der Waals surface area (Å²) in [7, 11) is 0. The number of hydrogen-bond donors (Lipinski definition) is 2. The predicted molar refractivity (Wildman–Crippen MR) is 99.0 cm³/mol. The number of amides is 1. The molecule has 0 aliphatic heterocycles. The van der Waals surface area contributed by atoms with Crippen LogP contribution in [0.15, 0.2) is 42.5 Å². The maximum absolute atomic E-state index is 12.6. The van der Waals surface area contributed by atoms with E-state index in [1.165, 1.54) is 24.1 Å². The Labute approximate surface area is 151 Å². The number of fused-ring (bicyclic) bond motifs is 3. The monoisotopic (exact) mass is 348 g/mol. The van der Waals surface area contributed by atoms with E-state index in [-0.39, 0.29) is 12.6 Å². The summed E-state index contributed by atoms with van der Waals surface area (Å²) in [6.07, 6.45) is 4.46. The average molecular weight is 348 g/mol. The average Bonchev–Trinajstić information content (AvgIpc) is 3.05. The number of nitrogens with two attached hydrogens (primary N) is 1. The van der Waals surface area contributed by atoms with Crippen LogP contribution in [0.3, 0.4) is 0 Å². The van der Waals surface area contributed by atoms with Crippen LogP contribution in [0, 0.1) is 0 Å². The molecule has 0 saturated heterocycles. The van der Waals surface area contributed by atoms with Crippen molar-refractivity contribution in [1.82, 2.24) is 4.98 Å². The number of para-hydroxylation sites is 1. The van der Waals surface area contributed by atoms with Gasteiger partial charge in [-0.05, 0) is 55.0 Å². The fourth-order valence-electron chi connectivity index (χ4n) is 3.59. The number of benzene rings is 2. The van der Waals surface area contributed by atoms with Crippen molar-refractivity contribution >= 4 is 22.8 Å². The number of nitrogens with one attached hydrogen (secondary N) is 1. The Balaban J connectivity index is 1.54. The minimum atomic E-state index is -0.476. The lowest BCUT2D eigenvalue weighted by Gasteiger charge is -2.10. The van der Waals surface area contributed by atoms with Crippen molar-refractivity contribution in [3.63, 3.8) is 0 Å². The Kier molecular flexibility index (Phi) is 4.21. The zero-order valence-corrected chi connectivity index (χ0v) is 14.4. The molecule has 3 aromatic rings. The summed E-state index contributed by atoms with van der Waals surface area (Å²) < 4.78 is 5.48. The number of carbonyl (C=O) groups is 2. The predicted octanol–water partition coefficient (Wildman–Crippen LogP) is 3.50. The van der Waals surface area contributed by atoms with Crippen LogP contribution in [-0.4, -0.2) is 16.9 Å². The van der Waals surface area contributed by atoms with E-state index < -0.39 is 5.91 Å². The third-order valence-corrected chi connectivity index (χ3v) is 4.96. The highest BCUT2D eigenvalue weighted by molar-refractivity contribution is 6.04. The van der Waals surface area contributed by atoms with Crippen LogP contribution in [-0.2, 0) is 24.2 Å². The highest BCUT2D eigenvalue weighted by atomic mass is 16.5. The van der Waals surface area contributed by atoms with Crippen molar-refractivity contribution in [2.45, 2.75) is 32.3 Å². The summed E-state index contributed by atoms with van der Waals surface area (Å²) in [5, 5.41) is 1.12. The number of hydrogen-bond acceptors (Lipinski definition) is 3. The van der Waals surface area contributed by atoms with Gasteiger partial charge in [-0.15, -0.1) is 0 Å². The number of esters is 1. The highest BCUT2D eigenvalue weighted by Crippen LogP contribution is 2.31. The van der Waals surface area contributed by atoms with Gasteiger partial charge in [-0.2, -0.15) is 0 Å². The Hall–Kier alpha value is -3.08. The molecule has 0 fully saturated rings. The largest absolute Gasteiger partial charge is 0.457 e. The van der Waals surface area contributed by atoms with E-state index in [2.05, 4.69) is 11.1 Å². The fourth-order valence-corrected chi connectivity index (χ4v) is 3.59. The van der Waals surface area contributed by atoms with Gasteiger partial charge < -0.3 is 15.5 Å². The molecule has 0 atom stereocenters. The number of H-pyrrole nitrogens is 1. The molecule has 0 spiro atoms. The van der Waals surface area contributed by atoms with E-state index in [1.54, 1.807) is 30.3 Å². The molecule has 5 nitrogen and oxygen atoms in total. The highest BCUT2D eigenvalue weighted by Gasteiger charge is 2.20. The number of rotatable bonds is 4. The molecule has 0 unspecified atom stereocenters. The number of ether oxygens (including phenoxy) is 1. The van der Waals surface area contributed by atoms with Crippen molar-refractivity contribution in [3.8, 4) is 0 Å². The first-order valence-electron chi connectivity index (χ1n) is 8.82.